The summed E-state index contributed by atoms with van der Waals surface area (Å²) in [5.74, 6) is 0.376. The molecule has 0 amide bonds. The van der Waals surface area contributed by atoms with Crippen molar-refractivity contribution in [3.8, 4) is 0 Å². The molecule has 0 saturated heterocycles. The van der Waals surface area contributed by atoms with Crippen molar-refractivity contribution in [2.45, 2.75) is 31.6 Å². The van der Waals surface area contributed by atoms with Crippen LogP contribution in [0.5, 0.6) is 0 Å². The van der Waals surface area contributed by atoms with Crippen LogP contribution < -0.4 is 0 Å². The van der Waals surface area contributed by atoms with Gasteiger partial charge >= 0.3 is 5.97 Å². The Morgan fingerprint density at radius 1 is 1.43 bits per heavy atom. The highest BCUT2D eigenvalue weighted by molar-refractivity contribution is 5.87. The zero-order valence-electron chi connectivity index (χ0n) is 11.5. The van der Waals surface area contributed by atoms with E-state index in [9.17, 15) is 4.79 Å². The Labute approximate surface area is 119 Å². The number of fused-ring (bicyclic) bond motifs is 3. The minimum atomic E-state index is -0.690. The van der Waals surface area contributed by atoms with E-state index in [1.807, 2.05) is 6.92 Å². The maximum absolute atomic E-state index is 12.4. The number of nitrogens with one attached hydrogen (secondary N) is 1. The third-order valence-corrected chi connectivity index (χ3v) is 4.14. The fraction of sp³-hybridized carbons (Fsp3) is 0.462. The summed E-state index contributed by atoms with van der Waals surface area (Å²) in [6, 6.07) is 0. The predicted octanol–water partition coefficient (Wildman–Crippen LogP) is 0.985. The number of imidazole rings is 1. The van der Waals surface area contributed by atoms with Crippen LogP contribution >= 0.6 is 0 Å². The Balaban J connectivity index is 1.91. The Morgan fingerprint density at radius 3 is 3.00 bits per heavy atom. The number of rotatable bonds is 3. The average molecular weight is 286 g/mol. The van der Waals surface area contributed by atoms with E-state index in [0.29, 0.717) is 23.7 Å². The highest BCUT2D eigenvalue weighted by Gasteiger charge is 2.50. The van der Waals surface area contributed by atoms with E-state index in [1.54, 1.807) is 17.1 Å². The van der Waals surface area contributed by atoms with Gasteiger partial charge < -0.3 is 9.72 Å². The van der Waals surface area contributed by atoms with Gasteiger partial charge in [-0.25, -0.2) is 9.97 Å². The summed E-state index contributed by atoms with van der Waals surface area (Å²) in [7, 11) is 0. The van der Waals surface area contributed by atoms with Gasteiger partial charge in [0.1, 0.15) is 17.3 Å². The number of H-pyrrole nitrogens is 1. The third-order valence-electron chi connectivity index (χ3n) is 4.14. The molecule has 1 saturated carbocycles. The second-order valence-electron chi connectivity index (χ2n) is 5.22. The van der Waals surface area contributed by atoms with E-state index in [4.69, 9.17) is 4.74 Å². The largest absolute Gasteiger partial charge is 0.465 e. The van der Waals surface area contributed by atoms with E-state index in [1.165, 1.54) is 0 Å². The van der Waals surface area contributed by atoms with Gasteiger partial charge in [-0.3, -0.25) is 9.20 Å². The van der Waals surface area contributed by atoms with Gasteiger partial charge in [0.2, 0.25) is 0 Å². The van der Waals surface area contributed by atoms with E-state index in [-0.39, 0.29) is 5.97 Å². The van der Waals surface area contributed by atoms with Gasteiger partial charge in [0, 0.05) is 0 Å². The number of esters is 1. The molecule has 8 heteroatoms. The molecule has 3 aromatic rings. The summed E-state index contributed by atoms with van der Waals surface area (Å²) in [5.41, 5.74) is 1.24. The molecule has 0 radical (unpaired) electrons. The van der Waals surface area contributed by atoms with Crippen LogP contribution in [0.15, 0.2) is 12.7 Å². The molecule has 0 atom stereocenters. The molecule has 21 heavy (non-hydrogen) atoms. The average Bonchev–Trinajstić information content (AvgIpc) is 3.03. The predicted molar refractivity (Wildman–Crippen MR) is 72.6 cm³/mol. The lowest BCUT2D eigenvalue weighted by atomic mass is 9.68. The highest BCUT2D eigenvalue weighted by atomic mass is 16.5. The van der Waals surface area contributed by atoms with E-state index in [0.717, 1.165) is 24.8 Å². The molecule has 1 fully saturated rings. The molecular weight excluding hydrogens is 272 g/mol. The van der Waals surface area contributed by atoms with E-state index < -0.39 is 5.41 Å². The fourth-order valence-electron chi connectivity index (χ4n) is 2.88. The van der Waals surface area contributed by atoms with Crippen LogP contribution in [-0.2, 0) is 14.9 Å². The summed E-state index contributed by atoms with van der Waals surface area (Å²) in [4.78, 5) is 23.7. The smallest absolute Gasteiger partial charge is 0.319 e. The number of carbonyl (C=O) groups is 1. The Bertz CT molecular complexity index is 832. The van der Waals surface area contributed by atoms with Crippen LogP contribution in [0.2, 0.25) is 0 Å². The van der Waals surface area contributed by atoms with Crippen LogP contribution in [-0.4, -0.2) is 42.1 Å². The van der Waals surface area contributed by atoms with Gasteiger partial charge in [-0.05, 0) is 19.8 Å². The van der Waals surface area contributed by atoms with Crippen molar-refractivity contribution < 1.29 is 9.53 Å². The maximum Gasteiger partial charge on any atom is 0.319 e. The zero-order valence-corrected chi connectivity index (χ0v) is 11.5. The summed E-state index contributed by atoms with van der Waals surface area (Å²) in [6.07, 6.45) is 5.62. The first-order valence-electron chi connectivity index (χ1n) is 6.97. The van der Waals surface area contributed by atoms with Crippen molar-refractivity contribution in [1.29, 1.82) is 0 Å². The van der Waals surface area contributed by atoms with Crippen LogP contribution in [0, 0.1) is 0 Å². The minimum Gasteiger partial charge on any atom is -0.465 e. The van der Waals surface area contributed by atoms with Crippen molar-refractivity contribution in [3.05, 3.63) is 18.5 Å². The molecule has 1 aliphatic rings. The summed E-state index contributed by atoms with van der Waals surface area (Å²) in [6.45, 7) is 2.17. The second kappa shape index (κ2) is 4.24. The SMILES string of the molecule is CCOC(=O)C1(c2nnc3c4[nH]cnc4ncn23)CCC1. The van der Waals surface area contributed by atoms with Crippen LogP contribution in [0.1, 0.15) is 32.0 Å². The first kappa shape index (κ1) is 12.2. The van der Waals surface area contributed by atoms with Crippen molar-refractivity contribution in [2.75, 3.05) is 6.61 Å². The lowest BCUT2D eigenvalue weighted by Crippen LogP contribution is -2.45. The molecule has 108 valence electrons. The van der Waals surface area contributed by atoms with Gasteiger partial charge in [0.25, 0.3) is 0 Å². The maximum atomic E-state index is 12.4. The van der Waals surface area contributed by atoms with E-state index >= 15 is 0 Å². The molecule has 0 bridgehead atoms. The monoisotopic (exact) mass is 286 g/mol. The molecule has 0 unspecified atom stereocenters. The number of ether oxygens (including phenoxy) is 1. The van der Waals surface area contributed by atoms with Crippen molar-refractivity contribution in [3.63, 3.8) is 0 Å². The second-order valence-corrected chi connectivity index (χ2v) is 5.22. The Morgan fingerprint density at radius 2 is 2.29 bits per heavy atom. The lowest BCUT2D eigenvalue weighted by molar-refractivity contribution is -0.154. The van der Waals surface area contributed by atoms with Gasteiger partial charge in [-0.1, -0.05) is 6.42 Å². The fourth-order valence-corrected chi connectivity index (χ4v) is 2.88. The normalized spacial score (nSPS) is 17.0. The molecule has 0 aliphatic heterocycles. The zero-order chi connectivity index (χ0) is 14.4. The van der Waals surface area contributed by atoms with Gasteiger partial charge in [-0.15, -0.1) is 10.2 Å². The number of aromatic amines is 1. The molecule has 4 rings (SSSR count). The van der Waals surface area contributed by atoms with E-state index in [2.05, 4.69) is 25.1 Å². The number of aromatic nitrogens is 6. The lowest BCUT2D eigenvalue weighted by Gasteiger charge is -2.37. The van der Waals surface area contributed by atoms with Crippen molar-refractivity contribution in [2.24, 2.45) is 0 Å². The van der Waals surface area contributed by atoms with Crippen LogP contribution in [0.25, 0.3) is 16.8 Å². The summed E-state index contributed by atoms with van der Waals surface area (Å²) < 4.78 is 6.99. The van der Waals surface area contributed by atoms with Crippen LogP contribution in [0.4, 0.5) is 0 Å². The molecule has 1 aliphatic carbocycles. The summed E-state index contributed by atoms with van der Waals surface area (Å²) in [5, 5.41) is 8.45. The molecule has 3 heterocycles. The first-order valence-corrected chi connectivity index (χ1v) is 6.97. The Hall–Kier alpha value is -2.51. The van der Waals surface area contributed by atoms with Gasteiger partial charge in [0.05, 0.1) is 12.9 Å². The topological polar surface area (TPSA) is 98.1 Å². The van der Waals surface area contributed by atoms with Gasteiger partial charge in [0.15, 0.2) is 17.1 Å². The molecular formula is C13H14N6O2. The minimum absolute atomic E-state index is 0.227. The number of nitrogens with zero attached hydrogens (tertiary/aromatic N) is 5. The van der Waals surface area contributed by atoms with Crippen molar-refractivity contribution in [1.82, 2.24) is 29.5 Å². The van der Waals surface area contributed by atoms with Crippen LogP contribution in [0.3, 0.4) is 0 Å². The number of hydrogen-bond donors (Lipinski definition) is 1. The number of hydrogen-bond acceptors (Lipinski definition) is 6. The Kier molecular flexibility index (Phi) is 2.47. The molecule has 8 nitrogen and oxygen atoms in total. The highest BCUT2D eigenvalue weighted by Crippen LogP contribution is 2.44. The van der Waals surface area contributed by atoms with Crippen molar-refractivity contribution >= 4 is 22.8 Å². The molecule has 0 spiro atoms. The number of carbonyl (C=O) groups excluding carboxylic acids is 1. The first-order chi connectivity index (χ1) is 10.3. The molecule has 1 N–H and O–H groups in total. The molecule has 3 aromatic heterocycles. The third kappa shape index (κ3) is 1.52. The molecule has 0 aromatic carbocycles. The quantitative estimate of drug-likeness (QED) is 0.721. The summed E-state index contributed by atoms with van der Waals surface area (Å²) >= 11 is 0. The van der Waals surface area contributed by atoms with Gasteiger partial charge in [-0.2, -0.15) is 0 Å². The standard InChI is InChI=1S/C13H14N6O2/c1-2-21-12(20)13(4-3-5-13)11-18-17-10-8-9(15-6-14-8)16-7-19(10)11/h6-7H,2-5H2,1H3,(H,14,15).